The van der Waals surface area contributed by atoms with E-state index < -0.39 is 10.9 Å². The van der Waals surface area contributed by atoms with Gasteiger partial charge in [0.1, 0.15) is 6.61 Å². The molecule has 0 aliphatic rings. The van der Waals surface area contributed by atoms with Crippen molar-refractivity contribution in [2.24, 2.45) is 0 Å². The Morgan fingerprint density at radius 2 is 1.96 bits per heavy atom. The van der Waals surface area contributed by atoms with Gasteiger partial charge in [-0.15, -0.1) is 12.4 Å². The van der Waals surface area contributed by atoms with Crippen LogP contribution in [0, 0.1) is 10.1 Å². The second kappa shape index (κ2) is 9.21. The number of hydrogen-bond donors (Lipinski definition) is 1. The second-order valence-corrected chi connectivity index (χ2v) is 4.44. The van der Waals surface area contributed by atoms with Crippen LogP contribution in [0.3, 0.4) is 0 Å². The van der Waals surface area contributed by atoms with E-state index in [0.29, 0.717) is 5.56 Å². The first-order valence-corrected chi connectivity index (χ1v) is 6.68. The minimum absolute atomic E-state index is 0. The van der Waals surface area contributed by atoms with Gasteiger partial charge in [0.15, 0.2) is 0 Å². The molecule has 0 aliphatic heterocycles. The largest absolute Gasteiger partial charge is 0.460 e. The molecule has 24 heavy (non-hydrogen) atoms. The highest BCUT2D eigenvalue weighted by Gasteiger charge is 2.12. The first-order valence-electron chi connectivity index (χ1n) is 6.68. The molecule has 0 atom stereocenters. The number of nitrogens with one attached hydrogen (secondary N) is 1. The number of amides is 1. The summed E-state index contributed by atoms with van der Waals surface area (Å²) in [6.07, 6.45) is 2.97. The summed E-state index contributed by atoms with van der Waals surface area (Å²) in [6.45, 7) is 0.0714. The standard InChI is InChI=1S/C15H13N3O5.ClH/c19-14(12-4-2-6-16-10-12)17-7-8-23-15(20)11-3-1-5-13(9-11)18(21)22;/h1-6,9-10H,7-8H2,(H,17,19);1H. The molecule has 9 heteroatoms. The Bertz CT molecular complexity index is 724. The maximum absolute atomic E-state index is 11.8. The van der Waals surface area contributed by atoms with Crippen molar-refractivity contribution in [3.8, 4) is 0 Å². The van der Waals surface area contributed by atoms with E-state index in [1.165, 1.54) is 24.4 Å². The molecule has 0 fully saturated rings. The second-order valence-electron chi connectivity index (χ2n) is 4.44. The van der Waals surface area contributed by atoms with E-state index in [-0.39, 0.29) is 42.7 Å². The number of nitro groups is 1. The van der Waals surface area contributed by atoms with Gasteiger partial charge in [0.05, 0.1) is 22.6 Å². The van der Waals surface area contributed by atoms with Crippen molar-refractivity contribution in [1.82, 2.24) is 10.3 Å². The molecule has 1 N–H and O–H groups in total. The third-order valence-electron chi connectivity index (χ3n) is 2.84. The van der Waals surface area contributed by atoms with E-state index in [1.807, 2.05) is 0 Å². The number of pyridine rings is 1. The van der Waals surface area contributed by atoms with E-state index in [4.69, 9.17) is 4.74 Å². The van der Waals surface area contributed by atoms with E-state index in [1.54, 1.807) is 18.3 Å². The number of carbonyl (C=O) groups is 2. The summed E-state index contributed by atoms with van der Waals surface area (Å²) < 4.78 is 4.96. The maximum Gasteiger partial charge on any atom is 0.338 e. The molecule has 0 saturated carbocycles. The van der Waals surface area contributed by atoms with E-state index >= 15 is 0 Å². The molecule has 1 amide bonds. The Balaban J connectivity index is 0.00000288. The van der Waals surface area contributed by atoms with Crippen molar-refractivity contribution < 1.29 is 19.2 Å². The van der Waals surface area contributed by atoms with Crippen molar-refractivity contribution >= 4 is 30.0 Å². The van der Waals surface area contributed by atoms with Crippen LogP contribution >= 0.6 is 12.4 Å². The van der Waals surface area contributed by atoms with Crippen molar-refractivity contribution in [2.45, 2.75) is 0 Å². The number of esters is 1. The molecule has 0 saturated heterocycles. The number of hydrogen-bond acceptors (Lipinski definition) is 6. The van der Waals surface area contributed by atoms with Gasteiger partial charge in [-0.1, -0.05) is 6.07 Å². The Labute approximate surface area is 143 Å². The van der Waals surface area contributed by atoms with Crippen LogP contribution in [-0.4, -0.2) is 34.9 Å². The Hall–Kier alpha value is -3.00. The highest BCUT2D eigenvalue weighted by Crippen LogP contribution is 2.13. The lowest BCUT2D eigenvalue weighted by atomic mass is 10.2. The molecule has 8 nitrogen and oxygen atoms in total. The first-order chi connectivity index (χ1) is 11.1. The highest BCUT2D eigenvalue weighted by molar-refractivity contribution is 5.93. The fourth-order valence-electron chi connectivity index (χ4n) is 1.74. The number of benzene rings is 1. The number of rotatable bonds is 6. The molecule has 0 unspecified atom stereocenters. The van der Waals surface area contributed by atoms with Crippen molar-refractivity contribution in [3.63, 3.8) is 0 Å². The Morgan fingerprint density at radius 1 is 1.21 bits per heavy atom. The van der Waals surface area contributed by atoms with Crippen molar-refractivity contribution in [1.29, 1.82) is 0 Å². The summed E-state index contributed by atoms with van der Waals surface area (Å²) >= 11 is 0. The topological polar surface area (TPSA) is 111 Å². The van der Waals surface area contributed by atoms with E-state index in [2.05, 4.69) is 10.3 Å². The predicted molar refractivity (Wildman–Crippen MR) is 87.2 cm³/mol. The van der Waals surface area contributed by atoms with Gasteiger partial charge in [0, 0.05) is 24.5 Å². The molecule has 0 bridgehead atoms. The fourth-order valence-corrected chi connectivity index (χ4v) is 1.74. The zero-order valence-electron chi connectivity index (χ0n) is 12.4. The van der Waals surface area contributed by atoms with Crippen LogP contribution in [0.2, 0.25) is 0 Å². The minimum atomic E-state index is -0.690. The monoisotopic (exact) mass is 351 g/mol. The van der Waals surface area contributed by atoms with Crippen LogP contribution in [0.15, 0.2) is 48.8 Å². The van der Waals surface area contributed by atoms with Gasteiger partial charge in [0.25, 0.3) is 11.6 Å². The molecule has 1 aromatic carbocycles. The smallest absolute Gasteiger partial charge is 0.338 e. The van der Waals surface area contributed by atoms with Gasteiger partial charge < -0.3 is 10.1 Å². The molecule has 0 aliphatic carbocycles. The Kier molecular flexibility index (Phi) is 7.31. The van der Waals surface area contributed by atoms with Crippen LogP contribution in [0.5, 0.6) is 0 Å². The third kappa shape index (κ3) is 5.33. The summed E-state index contributed by atoms with van der Waals surface area (Å²) in [4.78, 5) is 37.4. The number of aromatic nitrogens is 1. The lowest BCUT2D eigenvalue weighted by molar-refractivity contribution is -0.384. The third-order valence-corrected chi connectivity index (χ3v) is 2.84. The molecular formula is C15H14ClN3O5. The lowest BCUT2D eigenvalue weighted by Crippen LogP contribution is -2.28. The molecule has 2 rings (SSSR count). The maximum atomic E-state index is 11.8. The SMILES string of the molecule is Cl.O=C(NCCOC(=O)c1cccc([N+](=O)[O-])c1)c1cccnc1. The number of halogens is 1. The van der Waals surface area contributed by atoms with Gasteiger partial charge in [-0.05, 0) is 18.2 Å². The Morgan fingerprint density at radius 3 is 2.62 bits per heavy atom. The molecule has 1 aromatic heterocycles. The minimum Gasteiger partial charge on any atom is -0.460 e. The molecular weight excluding hydrogens is 338 g/mol. The van der Waals surface area contributed by atoms with Crippen LogP contribution in [-0.2, 0) is 4.74 Å². The van der Waals surface area contributed by atoms with Crippen LogP contribution in [0.4, 0.5) is 5.69 Å². The van der Waals surface area contributed by atoms with Gasteiger partial charge in [-0.3, -0.25) is 19.9 Å². The predicted octanol–water partition coefficient (Wildman–Crippen LogP) is 2.00. The van der Waals surface area contributed by atoms with Gasteiger partial charge >= 0.3 is 5.97 Å². The van der Waals surface area contributed by atoms with Gasteiger partial charge in [-0.2, -0.15) is 0 Å². The van der Waals surface area contributed by atoms with Crippen LogP contribution < -0.4 is 5.32 Å². The number of nitro benzene ring substituents is 1. The van der Waals surface area contributed by atoms with Crippen molar-refractivity contribution in [2.75, 3.05) is 13.2 Å². The fraction of sp³-hybridized carbons (Fsp3) is 0.133. The number of non-ortho nitro benzene ring substituents is 1. The zero-order valence-corrected chi connectivity index (χ0v) is 13.2. The number of nitrogens with zero attached hydrogens (tertiary/aromatic N) is 2. The average molecular weight is 352 g/mol. The molecule has 2 aromatic rings. The summed E-state index contributed by atoms with van der Waals surface area (Å²) in [6, 6.07) is 8.48. The quantitative estimate of drug-likeness (QED) is 0.369. The zero-order chi connectivity index (χ0) is 16.7. The normalized spacial score (nSPS) is 9.50. The molecule has 0 spiro atoms. The van der Waals surface area contributed by atoms with Gasteiger partial charge in [0.2, 0.25) is 0 Å². The summed E-state index contributed by atoms with van der Waals surface area (Å²) in [7, 11) is 0. The first kappa shape index (κ1) is 19.0. The average Bonchev–Trinajstić information content (AvgIpc) is 2.59. The van der Waals surface area contributed by atoms with Crippen LogP contribution in [0.25, 0.3) is 0 Å². The van der Waals surface area contributed by atoms with E-state index in [9.17, 15) is 19.7 Å². The summed E-state index contributed by atoms with van der Waals surface area (Å²) in [5.74, 6) is -1.02. The highest BCUT2D eigenvalue weighted by atomic mass is 35.5. The summed E-state index contributed by atoms with van der Waals surface area (Å²) in [5, 5.41) is 13.2. The molecule has 126 valence electrons. The van der Waals surface area contributed by atoms with Crippen molar-refractivity contribution in [3.05, 3.63) is 70.0 Å². The van der Waals surface area contributed by atoms with Crippen LogP contribution in [0.1, 0.15) is 20.7 Å². The van der Waals surface area contributed by atoms with E-state index in [0.717, 1.165) is 6.07 Å². The van der Waals surface area contributed by atoms with Gasteiger partial charge in [-0.25, -0.2) is 4.79 Å². The molecule has 0 radical (unpaired) electrons. The number of carbonyl (C=O) groups excluding carboxylic acids is 2. The molecule has 1 heterocycles. The lowest BCUT2D eigenvalue weighted by Gasteiger charge is -2.06. The number of ether oxygens (including phenoxy) is 1. The summed E-state index contributed by atoms with van der Waals surface area (Å²) in [5.41, 5.74) is 0.291.